The Hall–Kier alpha value is -2.05. The molecule has 1 aliphatic heterocycles. The fourth-order valence-corrected chi connectivity index (χ4v) is 2.43. The van der Waals surface area contributed by atoms with E-state index in [1.54, 1.807) is 0 Å². The first-order chi connectivity index (χ1) is 11.2. The maximum absolute atomic E-state index is 12.5. The van der Waals surface area contributed by atoms with Gasteiger partial charge in [0.2, 0.25) is 0 Å². The van der Waals surface area contributed by atoms with Gasteiger partial charge in [-0.25, -0.2) is 4.79 Å². The topological polar surface area (TPSA) is 169 Å². The first-order valence-electron chi connectivity index (χ1n) is 7.16. The van der Waals surface area contributed by atoms with Crippen LogP contribution in [0.15, 0.2) is 15.8 Å². The maximum Gasteiger partial charge on any atom is 0.352 e. The van der Waals surface area contributed by atoms with E-state index >= 15 is 0 Å². The first-order valence-corrected chi connectivity index (χ1v) is 7.16. The summed E-state index contributed by atoms with van der Waals surface area (Å²) in [6.45, 7) is 1.72. The van der Waals surface area contributed by atoms with E-state index in [0.717, 1.165) is 10.8 Å². The fourth-order valence-electron chi connectivity index (χ4n) is 2.43. The molecule has 24 heavy (non-hydrogen) atoms. The average Bonchev–Trinajstić information content (AvgIpc) is 2.79. The number of rotatable bonds is 4. The van der Waals surface area contributed by atoms with Gasteiger partial charge in [-0.05, 0) is 13.8 Å². The van der Waals surface area contributed by atoms with E-state index in [0.29, 0.717) is 4.68 Å². The van der Waals surface area contributed by atoms with E-state index in [-0.39, 0.29) is 5.56 Å². The van der Waals surface area contributed by atoms with Crippen LogP contribution in [0.1, 0.15) is 18.7 Å². The lowest BCUT2D eigenvalue weighted by Crippen LogP contribution is -2.50. The molecule has 1 saturated heterocycles. The van der Waals surface area contributed by atoms with Crippen LogP contribution < -0.4 is 22.4 Å². The Kier molecular flexibility index (Phi) is 4.92. The van der Waals surface area contributed by atoms with Crippen molar-refractivity contribution in [1.29, 1.82) is 0 Å². The second kappa shape index (κ2) is 6.45. The van der Waals surface area contributed by atoms with Crippen molar-refractivity contribution in [3.05, 3.63) is 32.6 Å². The Labute approximate surface area is 135 Å². The predicted octanol–water partition coefficient (Wildman–Crippen LogP) is -3.65. The van der Waals surface area contributed by atoms with Crippen molar-refractivity contribution in [3.8, 4) is 0 Å². The Morgan fingerprint density at radius 1 is 1.46 bits per heavy atom. The molecular weight excluding hydrogens is 324 g/mol. The number of aryl methyl sites for hydroxylation is 1. The third kappa shape index (κ3) is 2.87. The molecule has 0 radical (unpaired) electrons. The molecule has 0 aromatic carbocycles. The molecule has 0 saturated carbocycles. The summed E-state index contributed by atoms with van der Waals surface area (Å²) in [5.74, 6) is -0.764. The summed E-state index contributed by atoms with van der Waals surface area (Å²) >= 11 is 0. The van der Waals surface area contributed by atoms with E-state index in [4.69, 9.17) is 10.5 Å². The van der Waals surface area contributed by atoms with Crippen LogP contribution >= 0.6 is 0 Å². The molecule has 1 amide bonds. The quantitative estimate of drug-likeness (QED) is 0.372. The lowest BCUT2D eigenvalue weighted by molar-refractivity contribution is -0.118. The van der Waals surface area contributed by atoms with Crippen LogP contribution in [0.3, 0.4) is 0 Å². The maximum atomic E-state index is 12.5. The molecule has 2 rings (SSSR count). The standard InChI is InChI=1S/C13H20N4O7/c1-6-4-16(11-8(20)9(21)13(2,5-18)24-11)12(23)17(10(6)22)15-7(19)3-14/h4,8-9,11,18,20-21H,3,5,14H2,1-2H3,(H,15,19)/t8?,9?,11-,13-/m1/s1. The average molecular weight is 344 g/mol. The SMILES string of the molecule is Cc1cn([C@@H]2O[C@](C)(CO)C(O)C2O)c(=O)n(NC(=O)CN)c1=O. The van der Waals surface area contributed by atoms with Crippen molar-refractivity contribution in [1.82, 2.24) is 9.24 Å². The van der Waals surface area contributed by atoms with E-state index in [1.165, 1.54) is 13.8 Å². The number of aromatic nitrogens is 2. The molecule has 134 valence electrons. The Morgan fingerprint density at radius 3 is 2.58 bits per heavy atom. The highest BCUT2D eigenvalue weighted by molar-refractivity contribution is 5.85. The minimum Gasteiger partial charge on any atom is -0.393 e. The smallest absolute Gasteiger partial charge is 0.352 e. The molecule has 2 unspecified atom stereocenters. The van der Waals surface area contributed by atoms with Gasteiger partial charge in [0.15, 0.2) is 6.23 Å². The highest BCUT2D eigenvalue weighted by Crippen LogP contribution is 2.35. The van der Waals surface area contributed by atoms with Gasteiger partial charge in [-0.3, -0.25) is 19.6 Å². The number of amides is 1. The normalized spacial score (nSPS) is 29.7. The lowest BCUT2D eigenvalue weighted by Gasteiger charge is -2.24. The number of nitrogens with one attached hydrogen (secondary N) is 1. The van der Waals surface area contributed by atoms with Crippen LogP contribution in [0, 0.1) is 6.92 Å². The summed E-state index contributed by atoms with van der Waals surface area (Å²) in [5, 5.41) is 29.5. The summed E-state index contributed by atoms with van der Waals surface area (Å²) < 4.78 is 6.74. The molecular formula is C13H20N4O7. The van der Waals surface area contributed by atoms with Crippen molar-refractivity contribution in [2.75, 3.05) is 18.6 Å². The second-order valence-electron chi connectivity index (χ2n) is 5.80. The van der Waals surface area contributed by atoms with Crippen LogP contribution in [0.5, 0.6) is 0 Å². The Morgan fingerprint density at radius 2 is 2.08 bits per heavy atom. The Bertz CT molecular complexity index is 758. The molecule has 11 heteroatoms. The molecule has 6 N–H and O–H groups in total. The largest absolute Gasteiger partial charge is 0.393 e. The molecule has 2 heterocycles. The number of nitrogens with two attached hydrogens (primary N) is 1. The van der Waals surface area contributed by atoms with Crippen molar-refractivity contribution in [2.24, 2.45) is 5.73 Å². The van der Waals surface area contributed by atoms with E-state index in [2.05, 4.69) is 5.43 Å². The predicted molar refractivity (Wildman–Crippen MR) is 80.7 cm³/mol. The summed E-state index contributed by atoms with van der Waals surface area (Å²) in [6.07, 6.45) is -3.21. The van der Waals surface area contributed by atoms with Crippen molar-refractivity contribution >= 4 is 5.91 Å². The molecule has 1 aliphatic rings. The van der Waals surface area contributed by atoms with Crippen molar-refractivity contribution in [2.45, 2.75) is 37.9 Å². The van der Waals surface area contributed by atoms with Gasteiger partial charge >= 0.3 is 5.69 Å². The summed E-state index contributed by atoms with van der Waals surface area (Å²) in [5.41, 5.74) is 4.03. The summed E-state index contributed by atoms with van der Waals surface area (Å²) in [7, 11) is 0. The van der Waals surface area contributed by atoms with Gasteiger partial charge in [-0.1, -0.05) is 0 Å². The van der Waals surface area contributed by atoms with Crippen LogP contribution in [0.25, 0.3) is 0 Å². The van der Waals surface area contributed by atoms with E-state index in [1.807, 2.05) is 0 Å². The molecule has 0 bridgehead atoms. The molecule has 1 fully saturated rings. The van der Waals surface area contributed by atoms with Gasteiger partial charge in [0.05, 0.1) is 13.2 Å². The van der Waals surface area contributed by atoms with E-state index < -0.39 is 54.3 Å². The number of nitrogens with zero attached hydrogens (tertiary/aromatic N) is 2. The number of hydrogen-bond acceptors (Lipinski definition) is 8. The van der Waals surface area contributed by atoms with Crippen molar-refractivity contribution < 1.29 is 24.9 Å². The fraction of sp³-hybridized carbons (Fsp3) is 0.615. The third-order valence-electron chi connectivity index (χ3n) is 3.93. The molecule has 0 spiro atoms. The number of hydrogen-bond donors (Lipinski definition) is 5. The number of ether oxygens (including phenoxy) is 1. The lowest BCUT2D eigenvalue weighted by atomic mass is 9.99. The van der Waals surface area contributed by atoms with Gasteiger partial charge in [0.1, 0.15) is 17.8 Å². The molecule has 1 aromatic rings. The minimum absolute atomic E-state index is 0.0785. The van der Waals surface area contributed by atoms with Crippen LogP contribution in [0.4, 0.5) is 0 Å². The second-order valence-corrected chi connectivity index (χ2v) is 5.80. The number of aliphatic hydroxyl groups excluding tert-OH is 3. The summed E-state index contributed by atoms with van der Waals surface area (Å²) in [4.78, 5) is 35.9. The van der Waals surface area contributed by atoms with Gasteiger partial charge in [-0.2, -0.15) is 4.68 Å². The highest BCUT2D eigenvalue weighted by atomic mass is 16.6. The van der Waals surface area contributed by atoms with E-state index in [9.17, 15) is 29.7 Å². The molecule has 1 aromatic heterocycles. The monoisotopic (exact) mass is 344 g/mol. The van der Waals surface area contributed by atoms with Gasteiger partial charge in [0, 0.05) is 11.8 Å². The molecule has 0 aliphatic carbocycles. The van der Waals surface area contributed by atoms with Crippen molar-refractivity contribution in [3.63, 3.8) is 0 Å². The minimum atomic E-state index is -1.53. The zero-order valence-electron chi connectivity index (χ0n) is 13.2. The molecule has 11 nitrogen and oxygen atoms in total. The highest BCUT2D eigenvalue weighted by Gasteiger charge is 2.52. The first kappa shape index (κ1) is 18.3. The van der Waals surface area contributed by atoms with Gasteiger partial charge in [-0.15, -0.1) is 0 Å². The number of carbonyl (C=O) groups excluding carboxylic acids is 1. The summed E-state index contributed by atoms with van der Waals surface area (Å²) in [6, 6.07) is 0. The third-order valence-corrected chi connectivity index (χ3v) is 3.93. The number of carbonyl (C=O) groups is 1. The van der Waals surface area contributed by atoms with Crippen LogP contribution in [-0.4, -0.2) is 61.4 Å². The van der Waals surface area contributed by atoms with Gasteiger partial charge < -0.3 is 25.8 Å². The zero-order valence-corrected chi connectivity index (χ0v) is 13.2. The Balaban J connectivity index is 2.55. The van der Waals surface area contributed by atoms with Gasteiger partial charge in [0.25, 0.3) is 11.5 Å². The number of aliphatic hydroxyl groups is 3. The van der Waals surface area contributed by atoms with Crippen LogP contribution in [-0.2, 0) is 9.53 Å². The molecule has 4 atom stereocenters. The zero-order chi connectivity index (χ0) is 18.2. The van der Waals surface area contributed by atoms with Crippen LogP contribution in [0.2, 0.25) is 0 Å².